The zero-order valence-electron chi connectivity index (χ0n) is 20.2. The maximum atomic E-state index is 14.0. The third kappa shape index (κ3) is 5.74. The molecule has 1 aromatic heterocycles. The van der Waals surface area contributed by atoms with E-state index in [4.69, 9.17) is 9.47 Å². The Bertz CT molecular complexity index is 1470. The van der Waals surface area contributed by atoms with Crippen molar-refractivity contribution in [3.63, 3.8) is 0 Å². The summed E-state index contributed by atoms with van der Waals surface area (Å²) in [6.07, 6.45) is 2.58. The lowest BCUT2D eigenvalue weighted by Gasteiger charge is -2.14. The average molecular weight is 513 g/mol. The summed E-state index contributed by atoms with van der Waals surface area (Å²) in [5.74, 6) is -5.47. The Morgan fingerprint density at radius 3 is 2.51 bits per heavy atom. The Kier molecular flexibility index (Phi) is 7.47. The first-order chi connectivity index (χ1) is 17.7. The van der Waals surface area contributed by atoms with Crippen LogP contribution in [0.3, 0.4) is 0 Å². The molecular weight excluding hydrogens is 490 g/mol. The molecule has 0 radical (unpaired) electrons. The van der Waals surface area contributed by atoms with E-state index in [1.54, 1.807) is 18.2 Å². The first-order valence-electron chi connectivity index (χ1n) is 11.2. The van der Waals surface area contributed by atoms with E-state index in [1.165, 1.54) is 19.5 Å². The highest BCUT2D eigenvalue weighted by atomic mass is 19.2. The van der Waals surface area contributed by atoms with E-state index in [9.17, 15) is 22.4 Å². The van der Waals surface area contributed by atoms with E-state index in [2.05, 4.69) is 10.4 Å². The lowest BCUT2D eigenvalue weighted by molar-refractivity contribution is 0.102. The van der Waals surface area contributed by atoms with Gasteiger partial charge in [-0.1, -0.05) is 12.1 Å². The second kappa shape index (κ2) is 10.7. The topological polar surface area (TPSA) is 65.4 Å². The number of nitrogens with zero attached hydrogens (tertiary/aromatic N) is 2. The number of anilines is 1. The fourth-order valence-electron chi connectivity index (χ4n) is 3.68. The molecule has 0 saturated carbocycles. The van der Waals surface area contributed by atoms with Crippen molar-refractivity contribution in [1.29, 1.82) is 0 Å². The van der Waals surface area contributed by atoms with Crippen molar-refractivity contribution in [3.05, 3.63) is 106 Å². The largest absolute Gasteiger partial charge is 0.496 e. The lowest BCUT2D eigenvalue weighted by Crippen LogP contribution is -2.13. The molecule has 0 spiro atoms. The van der Waals surface area contributed by atoms with Crippen LogP contribution in [0, 0.1) is 37.1 Å². The van der Waals surface area contributed by atoms with Gasteiger partial charge in [0.15, 0.2) is 17.5 Å². The Morgan fingerprint density at radius 2 is 1.76 bits per heavy atom. The molecule has 0 bridgehead atoms. The van der Waals surface area contributed by atoms with Crippen molar-refractivity contribution >= 4 is 11.6 Å². The normalized spacial score (nSPS) is 10.9. The van der Waals surface area contributed by atoms with Gasteiger partial charge in [-0.25, -0.2) is 17.6 Å². The maximum Gasteiger partial charge on any atom is 0.255 e. The highest BCUT2D eigenvalue weighted by Crippen LogP contribution is 2.26. The van der Waals surface area contributed by atoms with Gasteiger partial charge in [0.05, 0.1) is 25.5 Å². The van der Waals surface area contributed by atoms with Crippen molar-refractivity contribution in [2.45, 2.75) is 27.0 Å². The molecule has 10 heteroatoms. The fraction of sp³-hybridized carbons (Fsp3) is 0.185. The van der Waals surface area contributed by atoms with E-state index >= 15 is 0 Å². The van der Waals surface area contributed by atoms with Crippen molar-refractivity contribution in [2.75, 3.05) is 12.4 Å². The molecular formula is C27H23F4N3O3. The van der Waals surface area contributed by atoms with Gasteiger partial charge in [0, 0.05) is 29.0 Å². The van der Waals surface area contributed by atoms with Crippen molar-refractivity contribution in [2.24, 2.45) is 0 Å². The zero-order chi connectivity index (χ0) is 26.7. The molecule has 1 heterocycles. The number of amides is 1. The first-order valence-corrected chi connectivity index (χ1v) is 11.2. The van der Waals surface area contributed by atoms with Crippen LogP contribution in [0.1, 0.15) is 32.6 Å². The van der Waals surface area contributed by atoms with Gasteiger partial charge in [-0.05, 0) is 49.2 Å². The molecule has 0 aliphatic rings. The molecule has 37 heavy (non-hydrogen) atoms. The van der Waals surface area contributed by atoms with Gasteiger partial charge in [-0.15, -0.1) is 0 Å². The number of benzene rings is 3. The number of nitrogens with one attached hydrogen (secondary N) is 1. The van der Waals surface area contributed by atoms with Crippen molar-refractivity contribution in [3.8, 4) is 11.5 Å². The van der Waals surface area contributed by atoms with Crippen molar-refractivity contribution in [1.82, 2.24) is 9.78 Å². The van der Waals surface area contributed by atoms with Crippen LogP contribution in [-0.4, -0.2) is 22.8 Å². The summed E-state index contributed by atoms with van der Waals surface area (Å²) in [7, 11) is 1.52. The fourth-order valence-corrected chi connectivity index (χ4v) is 3.68. The summed E-state index contributed by atoms with van der Waals surface area (Å²) in [5, 5.41) is 6.57. The van der Waals surface area contributed by atoms with Crippen LogP contribution in [0.5, 0.6) is 11.5 Å². The quantitative estimate of drug-likeness (QED) is 0.180. The molecule has 6 nitrogen and oxygen atoms in total. The smallest absolute Gasteiger partial charge is 0.255 e. The summed E-state index contributed by atoms with van der Waals surface area (Å²) in [4.78, 5) is 12.9. The second-order valence-corrected chi connectivity index (χ2v) is 8.41. The molecule has 0 fully saturated rings. The van der Waals surface area contributed by atoms with Gasteiger partial charge in [-0.2, -0.15) is 5.10 Å². The van der Waals surface area contributed by atoms with Gasteiger partial charge in [0.1, 0.15) is 23.9 Å². The molecule has 1 N–H and O–H groups in total. The predicted molar refractivity (Wildman–Crippen MR) is 129 cm³/mol. The van der Waals surface area contributed by atoms with Gasteiger partial charge in [-0.3, -0.25) is 9.48 Å². The maximum absolute atomic E-state index is 14.0. The molecule has 4 aromatic rings. The van der Waals surface area contributed by atoms with Crippen LogP contribution < -0.4 is 14.8 Å². The highest BCUT2D eigenvalue weighted by molar-refractivity contribution is 6.04. The predicted octanol–water partition coefficient (Wildman–Crippen LogP) is 5.94. The molecule has 0 aliphatic heterocycles. The van der Waals surface area contributed by atoms with Crippen LogP contribution >= 0.6 is 0 Å². The standard InChI is InChI=1S/C27H23F4N3O3/c1-15-4-5-16(2)24(8-15)37-14-18-9-17(6-7-23(18)36-3)27(35)33-19-11-32-34(12-19)13-20-21(28)10-22(29)26(31)25(20)30/h4-12H,13-14H2,1-3H3,(H,33,35). The van der Waals surface area contributed by atoms with E-state index in [1.807, 2.05) is 32.0 Å². The number of aryl methyl sites for hydroxylation is 2. The Labute approximate surface area is 210 Å². The number of hydrogen-bond donors (Lipinski definition) is 1. The average Bonchev–Trinajstić information content (AvgIpc) is 3.32. The molecule has 1 amide bonds. The minimum absolute atomic E-state index is 0.165. The highest BCUT2D eigenvalue weighted by Gasteiger charge is 2.20. The van der Waals surface area contributed by atoms with E-state index < -0.39 is 41.3 Å². The molecule has 0 aliphatic carbocycles. The van der Waals surface area contributed by atoms with E-state index in [0.29, 0.717) is 16.9 Å². The minimum atomic E-state index is -1.77. The SMILES string of the molecule is COc1ccc(C(=O)Nc2cnn(Cc3c(F)cc(F)c(F)c3F)c2)cc1COc1cc(C)ccc1C. The summed E-state index contributed by atoms with van der Waals surface area (Å²) in [6, 6.07) is 11.0. The van der Waals surface area contributed by atoms with E-state index in [0.717, 1.165) is 21.6 Å². The lowest BCUT2D eigenvalue weighted by atomic mass is 10.1. The number of carbonyl (C=O) groups is 1. The molecule has 0 atom stereocenters. The van der Waals surface area contributed by atoms with E-state index in [-0.39, 0.29) is 18.4 Å². The Morgan fingerprint density at radius 1 is 0.973 bits per heavy atom. The Hall–Kier alpha value is -4.34. The number of methoxy groups -OCH3 is 1. The number of carbonyl (C=O) groups excluding carboxylic acids is 1. The third-order valence-corrected chi connectivity index (χ3v) is 5.69. The molecule has 0 saturated heterocycles. The number of ether oxygens (including phenoxy) is 2. The third-order valence-electron chi connectivity index (χ3n) is 5.69. The van der Waals surface area contributed by atoms with Crippen LogP contribution in [-0.2, 0) is 13.2 Å². The molecule has 0 unspecified atom stereocenters. The van der Waals surface area contributed by atoms with Crippen LogP contribution in [0.4, 0.5) is 23.2 Å². The van der Waals surface area contributed by atoms with Crippen LogP contribution in [0.2, 0.25) is 0 Å². The van der Waals surface area contributed by atoms with Gasteiger partial charge in [0.2, 0.25) is 0 Å². The summed E-state index contributed by atoms with van der Waals surface area (Å²) in [6.45, 7) is 3.56. The Balaban J connectivity index is 1.47. The number of aromatic nitrogens is 2. The second-order valence-electron chi connectivity index (χ2n) is 8.41. The summed E-state index contributed by atoms with van der Waals surface area (Å²) in [5.41, 5.74) is 2.53. The number of hydrogen-bond acceptors (Lipinski definition) is 4. The van der Waals surface area contributed by atoms with Gasteiger partial charge in [0.25, 0.3) is 5.91 Å². The monoisotopic (exact) mass is 513 g/mol. The minimum Gasteiger partial charge on any atom is -0.496 e. The van der Waals surface area contributed by atoms with Gasteiger partial charge >= 0.3 is 0 Å². The molecule has 192 valence electrons. The molecule has 4 rings (SSSR count). The first kappa shape index (κ1) is 25.7. The number of rotatable bonds is 8. The van der Waals surface area contributed by atoms with Gasteiger partial charge < -0.3 is 14.8 Å². The number of halogens is 4. The summed E-state index contributed by atoms with van der Waals surface area (Å²) < 4.78 is 67.0. The molecule has 3 aromatic carbocycles. The van der Waals surface area contributed by atoms with Crippen LogP contribution in [0.15, 0.2) is 54.9 Å². The summed E-state index contributed by atoms with van der Waals surface area (Å²) >= 11 is 0. The van der Waals surface area contributed by atoms with Crippen molar-refractivity contribution < 1.29 is 31.8 Å². The zero-order valence-corrected chi connectivity index (χ0v) is 20.2. The van der Waals surface area contributed by atoms with Crippen LogP contribution in [0.25, 0.3) is 0 Å².